The van der Waals surface area contributed by atoms with Gasteiger partial charge >= 0.3 is 0 Å². The van der Waals surface area contributed by atoms with Crippen LogP contribution in [0.5, 0.6) is 0 Å². The van der Waals surface area contributed by atoms with Crippen LogP contribution in [0.25, 0.3) is 33.4 Å². The second kappa shape index (κ2) is 18.0. The van der Waals surface area contributed by atoms with E-state index in [1.54, 1.807) is 6.07 Å². The van der Waals surface area contributed by atoms with E-state index < -0.39 is 27.7 Å². The summed E-state index contributed by atoms with van der Waals surface area (Å²) in [4.78, 5) is 18.8. The van der Waals surface area contributed by atoms with Crippen molar-refractivity contribution in [1.82, 2.24) is 9.30 Å². The molecule has 0 bridgehead atoms. The fraction of sp³-hybridized carbons (Fsp3) is 0.382. The Morgan fingerprint density at radius 3 is 2.42 bits per heavy atom. The molecule has 13 nitrogen and oxygen atoms in total. The molecule has 0 saturated heterocycles. The molecule has 0 amide bonds. The highest BCUT2D eigenvalue weighted by atomic mass is 35.5. The molecule has 0 spiro atoms. The Balaban J connectivity index is 1.91. The van der Waals surface area contributed by atoms with Gasteiger partial charge in [-0.15, -0.1) is 11.6 Å². The number of guanidine groups is 1. The normalized spacial score (nSPS) is 12.3. The first kappa shape index (κ1) is 39.1. The number of hydrogen-bond acceptors (Lipinski definition) is 10. The van der Waals surface area contributed by atoms with E-state index in [2.05, 4.69) is 51.9 Å². The van der Waals surface area contributed by atoms with Gasteiger partial charge in [-0.05, 0) is 76.4 Å². The molecule has 0 fully saturated rings. The molecule has 0 radical (unpaired) electrons. The van der Waals surface area contributed by atoms with Crippen LogP contribution in [0.4, 0.5) is 5.69 Å². The number of halogens is 1. The maximum atomic E-state index is 13.7. The minimum absolute atomic E-state index is 0.110. The van der Waals surface area contributed by atoms with E-state index in [0.29, 0.717) is 35.4 Å². The van der Waals surface area contributed by atoms with Gasteiger partial charge in [0.1, 0.15) is 24.4 Å². The SMILES string of the molecule is CCN(CC)c1ccc2c(-c3ccc(S(=O)(=O)NC(CCCN=C(N)N)C(=O)CCl)cc3SOO[O-])c3ccc(=[N+](CC)CC)cc-3oc2c1. The van der Waals surface area contributed by atoms with E-state index >= 15 is 0 Å². The van der Waals surface area contributed by atoms with Crippen LogP contribution in [0.2, 0.25) is 0 Å². The summed E-state index contributed by atoms with van der Waals surface area (Å²) < 4.78 is 43.4. The number of carbonyl (C=O) groups excluding carboxylic acids is 1. The minimum atomic E-state index is -4.27. The Morgan fingerprint density at radius 1 is 1.06 bits per heavy atom. The third-order valence-electron chi connectivity index (χ3n) is 8.39. The highest BCUT2D eigenvalue weighted by molar-refractivity contribution is 7.94. The van der Waals surface area contributed by atoms with Gasteiger partial charge in [-0.2, -0.15) is 4.33 Å². The lowest BCUT2D eigenvalue weighted by Gasteiger charge is -2.23. The largest absolute Gasteiger partial charge is 0.691 e. The number of ketones is 1. The first-order valence-corrected chi connectivity index (χ1v) is 19.0. The van der Waals surface area contributed by atoms with E-state index in [1.807, 2.05) is 36.4 Å². The van der Waals surface area contributed by atoms with Crippen molar-refractivity contribution in [2.45, 2.75) is 56.4 Å². The number of Topliss-reactive ketones (excluding diaryl/α,β-unsaturated/α-hetero) is 1. The Hall–Kier alpha value is -3.70. The van der Waals surface area contributed by atoms with Gasteiger partial charge in [0.25, 0.3) is 0 Å². The molecule has 1 heterocycles. The second-order valence-electron chi connectivity index (χ2n) is 11.3. The first-order valence-electron chi connectivity index (χ1n) is 16.3. The van der Waals surface area contributed by atoms with E-state index in [4.69, 9.17) is 31.8 Å². The number of nitrogens with two attached hydrogens (primary N) is 2. The molecular weight excluding hydrogens is 704 g/mol. The lowest BCUT2D eigenvalue weighted by molar-refractivity contribution is -0.777. The quantitative estimate of drug-likeness (QED) is 0.0155. The number of nitrogens with one attached hydrogen (secondary N) is 1. The van der Waals surface area contributed by atoms with Crippen LogP contribution in [-0.4, -0.2) is 64.8 Å². The second-order valence-corrected chi connectivity index (χ2v) is 14.0. The van der Waals surface area contributed by atoms with Gasteiger partial charge in [0.2, 0.25) is 15.4 Å². The van der Waals surface area contributed by atoms with Crippen LogP contribution < -0.4 is 36.3 Å². The zero-order chi connectivity index (χ0) is 36.4. The molecule has 270 valence electrons. The number of benzene rings is 3. The van der Waals surface area contributed by atoms with Gasteiger partial charge in [0, 0.05) is 58.9 Å². The third-order valence-corrected chi connectivity index (χ3v) is 10.8. The summed E-state index contributed by atoms with van der Waals surface area (Å²) in [6.45, 7) is 11.8. The van der Waals surface area contributed by atoms with Crippen molar-refractivity contribution < 1.29 is 32.3 Å². The van der Waals surface area contributed by atoms with Crippen LogP contribution >= 0.6 is 23.6 Å². The molecule has 0 saturated carbocycles. The maximum Gasteiger partial charge on any atom is 0.241 e. The zero-order valence-corrected chi connectivity index (χ0v) is 30.9. The van der Waals surface area contributed by atoms with Crippen LogP contribution in [0, 0.1) is 0 Å². The Bertz CT molecular complexity index is 1970. The van der Waals surface area contributed by atoms with Crippen molar-refractivity contribution in [2.24, 2.45) is 16.5 Å². The first-order chi connectivity index (χ1) is 24.0. The molecule has 1 unspecified atom stereocenters. The highest BCUT2D eigenvalue weighted by Gasteiger charge is 2.27. The van der Waals surface area contributed by atoms with E-state index in [-0.39, 0.29) is 28.7 Å². The number of rotatable bonds is 18. The Kier molecular flexibility index (Phi) is 14.1. The predicted octanol–water partition coefficient (Wildman–Crippen LogP) is 3.60. The Morgan fingerprint density at radius 2 is 1.78 bits per heavy atom. The molecule has 4 rings (SSSR count). The molecule has 1 atom stereocenters. The molecule has 2 aromatic rings. The van der Waals surface area contributed by atoms with Crippen molar-refractivity contribution in [3.05, 3.63) is 60.0 Å². The average molecular weight is 747 g/mol. The zero-order valence-electron chi connectivity index (χ0n) is 28.5. The van der Waals surface area contributed by atoms with Crippen LogP contribution in [-0.2, 0) is 24.2 Å². The molecule has 50 heavy (non-hydrogen) atoms. The average Bonchev–Trinajstić information content (AvgIpc) is 3.11. The van der Waals surface area contributed by atoms with Crippen LogP contribution in [0.3, 0.4) is 0 Å². The van der Waals surface area contributed by atoms with Gasteiger partial charge < -0.3 is 26.0 Å². The number of alkyl halides is 1. The number of fused-ring (bicyclic) bond motifs is 2. The number of nitrogens with zero attached hydrogens (tertiary/aromatic N) is 3. The summed E-state index contributed by atoms with van der Waals surface area (Å²) in [6, 6.07) is 15.2. The summed E-state index contributed by atoms with van der Waals surface area (Å²) in [5.74, 6) is -0.392. The van der Waals surface area contributed by atoms with Crippen molar-refractivity contribution in [2.75, 3.05) is 43.5 Å². The van der Waals surface area contributed by atoms with E-state index in [1.165, 1.54) is 12.1 Å². The van der Waals surface area contributed by atoms with E-state index in [9.17, 15) is 18.5 Å². The molecule has 16 heteroatoms. The van der Waals surface area contributed by atoms with Crippen molar-refractivity contribution in [3.8, 4) is 22.5 Å². The monoisotopic (exact) mass is 746 g/mol. The number of aliphatic imine (C=N–C) groups is 1. The van der Waals surface area contributed by atoms with Gasteiger partial charge in [0.05, 0.1) is 34.9 Å². The summed E-state index contributed by atoms with van der Waals surface area (Å²) >= 11 is 6.38. The van der Waals surface area contributed by atoms with Crippen LogP contribution in [0.15, 0.2) is 73.8 Å². The standard InChI is InChI=1S/C34H43ClN6O7S2/c1-5-40(6-2)22-11-14-25-30(18-22)46-31-19-23(41(7-3)8-4)12-15-26(31)33(25)27-16-13-24(20-32(27)49-48-47-43)50(44,45)39-28(29(42)21-35)10-9-17-38-34(36)37/h11-16,18-20,28,39H,5-10,17,21H2,1-4H3,(H4-,36,37,38,43). The fourth-order valence-electron chi connectivity index (χ4n) is 5.86. The number of sulfonamides is 1. The van der Waals surface area contributed by atoms with Crippen molar-refractivity contribution >= 4 is 62.1 Å². The van der Waals surface area contributed by atoms with Crippen molar-refractivity contribution in [3.63, 3.8) is 0 Å². The fourth-order valence-corrected chi connectivity index (χ4v) is 7.94. The van der Waals surface area contributed by atoms with Gasteiger partial charge in [0.15, 0.2) is 11.7 Å². The maximum absolute atomic E-state index is 13.7. The number of hydrogen-bond donors (Lipinski definition) is 3. The van der Waals surface area contributed by atoms with Gasteiger partial charge in [-0.3, -0.25) is 14.8 Å². The molecule has 1 aliphatic heterocycles. The lowest BCUT2D eigenvalue weighted by Crippen LogP contribution is -2.41. The molecule has 2 aromatic carbocycles. The summed E-state index contributed by atoms with van der Waals surface area (Å²) in [7, 11) is -4.27. The Labute approximate surface area is 301 Å². The topological polar surface area (TPSA) is 189 Å². The van der Waals surface area contributed by atoms with Gasteiger partial charge in [-0.1, -0.05) is 6.07 Å². The predicted molar refractivity (Wildman–Crippen MR) is 196 cm³/mol. The van der Waals surface area contributed by atoms with E-state index in [0.717, 1.165) is 53.7 Å². The van der Waals surface area contributed by atoms with Gasteiger partial charge in [-0.25, -0.2) is 17.7 Å². The van der Waals surface area contributed by atoms with Crippen molar-refractivity contribution in [1.29, 1.82) is 0 Å². The lowest BCUT2D eigenvalue weighted by atomic mass is 9.93. The summed E-state index contributed by atoms with van der Waals surface area (Å²) in [6.07, 6.45) is 0.443. The number of carbonyl (C=O) groups is 1. The van der Waals surface area contributed by atoms with Crippen LogP contribution in [0.1, 0.15) is 40.5 Å². The third kappa shape index (κ3) is 9.15. The molecule has 5 N–H and O–H groups in total. The molecule has 0 aromatic heterocycles. The minimum Gasteiger partial charge on any atom is -0.691 e. The molecule has 2 aliphatic rings. The summed E-state index contributed by atoms with van der Waals surface area (Å²) in [5.41, 5.74) is 14.4. The smallest absolute Gasteiger partial charge is 0.241 e. The molecular formula is C34H43ClN6O7S2. The summed E-state index contributed by atoms with van der Waals surface area (Å²) in [5, 5.41) is 16.5. The number of anilines is 1. The molecule has 1 aliphatic carbocycles. The highest BCUT2D eigenvalue weighted by Crippen LogP contribution is 2.44.